The third-order valence-electron chi connectivity index (χ3n) is 4.97. The highest BCUT2D eigenvalue weighted by molar-refractivity contribution is 6.10. The summed E-state index contributed by atoms with van der Waals surface area (Å²) in [7, 11) is 0. The van der Waals surface area contributed by atoms with Gasteiger partial charge in [0, 0.05) is 33.6 Å². The second-order valence-corrected chi connectivity index (χ2v) is 7.06. The molecule has 4 heteroatoms. The van der Waals surface area contributed by atoms with Crippen LogP contribution in [-0.4, -0.2) is 11.6 Å². The molecule has 0 saturated carbocycles. The van der Waals surface area contributed by atoms with Crippen LogP contribution in [0.4, 0.5) is 11.4 Å². The molecule has 0 bridgehead atoms. The number of carbonyl (C=O) groups excluding carboxylic acids is 2. The Morgan fingerprint density at radius 3 is 0.900 bits per heavy atom. The zero-order valence-corrected chi connectivity index (χ0v) is 16.2. The van der Waals surface area contributed by atoms with E-state index in [1.807, 2.05) is 48.5 Å². The molecule has 0 heterocycles. The number of hydrogen-bond donors (Lipinski definition) is 2. The third-order valence-corrected chi connectivity index (χ3v) is 4.97. The van der Waals surface area contributed by atoms with E-state index < -0.39 is 0 Å². The van der Waals surface area contributed by atoms with Crippen molar-refractivity contribution in [2.45, 2.75) is 0 Å². The van der Waals surface area contributed by atoms with E-state index in [1.165, 1.54) is 0 Å². The van der Waals surface area contributed by atoms with E-state index in [1.54, 1.807) is 48.5 Å². The van der Waals surface area contributed by atoms with E-state index in [0.29, 0.717) is 33.6 Å². The van der Waals surface area contributed by atoms with Gasteiger partial charge in [0.1, 0.15) is 0 Å². The molecule has 0 radical (unpaired) electrons. The van der Waals surface area contributed by atoms with E-state index in [9.17, 15) is 9.59 Å². The van der Waals surface area contributed by atoms with E-state index in [4.69, 9.17) is 11.5 Å². The zero-order chi connectivity index (χ0) is 21.1. The summed E-state index contributed by atoms with van der Waals surface area (Å²) in [6, 6.07) is 28.6. The van der Waals surface area contributed by atoms with Crippen molar-refractivity contribution in [2.24, 2.45) is 0 Å². The van der Waals surface area contributed by atoms with Crippen LogP contribution >= 0.6 is 0 Å². The van der Waals surface area contributed by atoms with Crippen molar-refractivity contribution in [3.05, 3.63) is 119 Å². The first kappa shape index (κ1) is 19.2. The predicted octanol–water partition coefficient (Wildman–Crippen LogP) is 4.98. The molecule has 0 spiro atoms. The van der Waals surface area contributed by atoms with E-state index in [2.05, 4.69) is 0 Å². The molecule has 0 fully saturated rings. The maximum absolute atomic E-state index is 12.6. The van der Waals surface area contributed by atoms with Crippen LogP contribution in [-0.2, 0) is 0 Å². The molecule has 4 aromatic carbocycles. The first-order valence-corrected chi connectivity index (χ1v) is 9.52. The van der Waals surface area contributed by atoms with Gasteiger partial charge in [0.05, 0.1) is 0 Å². The Bertz CT molecular complexity index is 1090. The van der Waals surface area contributed by atoms with Crippen molar-refractivity contribution in [1.29, 1.82) is 0 Å². The van der Waals surface area contributed by atoms with E-state index >= 15 is 0 Å². The molecule has 0 amide bonds. The molecule has 0 aliphatic carbocycles. The Morgan fingerprint density at radius 2 is 0.633 bits per heavy atom. The molecule has 0 unspecified atom stereocenters. The van der Waals surface area contributed by atoms with Gasteiger partial charge in [0.15, 0.2) is 11.6 Å². The zero-order valence-electron chi connectivity index (χ0n) is 16.2. The number of hydrogen-bond acceptors (Lipinski definition) is 4. The molecule has 4 aromatic rings. The average Bonchev–Trinajstić information content (AvgIpc) is 2.79. The first-order valence-electron chi connectivity index (χ1n) is 9.52. The molecule has 30 heavy (non-hydrogen) atoms. The van der Waals surface area contributed by atoms with Crippen LogP contribution in [0.2, 0.25) is 0 Å². The third kappa shape index (κ3) is 3.98. The molecule has 146 valence electrons. The SMILES string of the molecule is Nc1ccc(C(=O)c2ccc(-c3ccc(C(=O)c4ccc(N)cc4)cc3)cc2)cc1. The molecule has 4 N–H and O–H groups in total. The Balaban J connectivity index is 1.52. The maximum atomic E-state index is 12.6. The van der Waals surface area contributed by atoms with Crippen LogP contribution in [0.15, 0.2) is 97.1 Å². The smallest absolute Gasteiger partial charge is 0.193 e. The fourth-order valence-electron chi connectivity index (χ4n) is 3.23. The summed E-state index contributed by atoms with van der Waals surface area (Å²) in [6.07, 6.45) is 0. The molecule has 0 atom stereocenters. The fraction of sp³-hybridized carbons (Fsp3) is 0. The highest BCUT2D eigenvalue weighted by atomic mass is 16.1. The molecule has 0 aliphatic heterocycles. The minimum Gasteiger partial charge on any atom is -0.399 e. The van der Waals surface area contributed by atoms with Gasteiger partial charge in [-0.25, -0.2) is 0 Å². The Hall–Kier alpha value is -4.18. The van der Waals surface area contributed by atoms with Crippen LogP contribution in [0.1, 0.15) is 31.8 Å². The van der Waals surface area contributed by atoms with Crippen molar-refractivity contribution in [1.82, 2.24) is 0 Å². The lowest BCUT2D eigenvalue weighted by molar-refractivity contribution is 0.103. The second-order valence-electron chi connectivity index (χ2n) is 7.06. The summed E-state index contributed by atoms with van der Waals surface area (Å²) < 4.78 is 0. The first-order chi connectivity index (χ1) is 14.5. The summed E-state index contributed by atoms with van der Waals surface area (Å²) in [5, 5.41) is 0. The van der Waals surface area contributed by atoms with Crippen LogP contribution in [0.3, 0.4) is 0 Å². The minimum atomic E-state index is -0.0500. The topological polar surface area (TPSA) is 86.2 Å². The molecule has 4 nitrogen and oxygen atoms in total. The van der Waals surface area contributed by atoms with Gasteiger partial charge >= 0.3 is 0 Å². The number of nitrogen functional groups attached to an aromatic ring is 2. The largest absolute Gasteiger partial charge is 0.399 e. The standard InChI is InChI=1S/C26H20N2O2/c27-23-13-9-21(10-14-23)25(29)19-5-1-17(2-6-19)18-3-7-20(8-4-18)26(30)22-11-15-24(28)16-12-22/h1-16H,27-28H2. The quantitative estimate of drug-likeness (QED) is 0.370. The van der Waals surface area contributed by atoms with Crippen LogP contribution in [0, 0.1) is 0 Å². The summed E-state index contributed by atoms with van der Waals surface area (Å²) in [4.78, 5) is 25.2. The summed E-state index contributed by atoms with van der Waals surface area (Å²) >= 11 is 0. The van der Waals surface area contributed by atoms with E-state index in [0.717, 1.165) is 11.1 Å². The number of benzene rings is 4. The number of rotatable bonds is 5. The van der Waals surface area contributed by atoms with Crippen LogP contribution in [0.25, 0.3) is 11.1 Å². The molecular formula is C26H20N2O2. The van der Waals surface area contributed by atoms with Crippen LogP contribution < -0.4 is 11.5 Å². The fourth-order valence-corrected chi connectivity index (χ4v) is 3.23. The highest BCUT2D eigenvalue weighted by Crippen LogP contribution is 2.23. The molecule has 0 aliphatic rings. The van der Waals surface area contributed by atoms with Crippen molar-refractivity contribution in [3.63, 3.8) is 0 Å². The summed E-state index contributed by atoms with van der Waals surface area (Å²) in [5.41, 5.74) is 17.0. The second kappa shape index (κ2) is 8.05. The lowest BCUT2D eigenvalue weighted by Crippen LogP contribution is -2.02. The van der Waals surface area contributed by atoms with Gasteiger partial charge in [0.25, 0.3) is 0 Å². The van der Waals surface area contributed by atoms with E-state index in [-0.39, 0.29) is 11.6 Å². The lowest BCUT2D eigenvalue weighted by atomic mass is 9.97. The normalized spacial score (nSPS) is 10.5. The minimum absolute atomic E-state index is 0.0500. The number of carbonyl (C=O) groups is 2. The molecule has 0 aromatic heterocycles. The van der Waals surface area contributed by atoms with Crippen LogP contribution in [0.5, 0.6) is 0 Å². The maximum Gasteiger partial charge on any atom is 0.193 e. The predicted molar refractivity (Wildman–Crippen MR) is 120 cm³/mol. The van der Waals surface area contributed by atoms with Gasteiger partial charge in [-0.2, -0.15) is 0 Å². The van der Waals surface area contributed by atoms with Gasteiger partial charge < -0.3 is 11.5 Å². The highest BCUT2D eigenvalue weighted by Gasteiger charge is 2.11. The van der Waals surface area contributed by atoms with Crippen molar-refractivity contribution < 1.29 is 9.59 Å². The molecular weight excluding hydrogens is 372 g/mol. The Kier molecular flexibility index (Phi) is 5.14. The summed E-state index contributed by atoms with van der Waals surface area (Å²) in [5.74, 6) is -0.100. The monoisotopic (exact) mass is 392 g/mol. The van der Waals surface area contributed by atoms with Gasteiger partial charge in [-0.1, -0.05) is 48.5 Å². The van der Waals surface area contributed by atoms with Gasteiger partial charge in [-0.05, 0) is 59.7 Å². The molecule has 0 saturated heterocycles. The van der Waals surface area contributed by atoms with Crippen molar-refractivity contribution >= 4 is 22.9 Å². The number of anilines is 2. The average molecular weight is 392 g/mol. The Morgan fingerprint density at radius 1 is 0.400 bits per heavy atom. The lowest BCUT2D eigenvalue weighted by Gasteiger charge is -2.07. The Labute approximate surface area is 174 Å². The number of ketones is 2. The number of nitrogens with two attached hydrogens (primary N) is 2. The van der Waals surface area contributed by atoms with Gasteiger partial charge in [-0.15, -0.1) is 0 Å². The van der Waals surface area contributed by atoms with Crippen molar-refractivity contribution in [2.75, 3.05) is 11.5 Å². The van der Waals surface area contributed by atoms with Crippen molar-refractivity contribution in [3.8, 4) is 11.1 Å². The van der Waals surface area contributed by atoms with Gasteiger partial charge in [0.2, 0.25) is 0 Å². The summed E-state index contributed by atoms with van der Waals surface area (Å²) in [6.45, 7) is 0. The van der Waals surface area contributed by atoms with Gasteiger partial charge in [-0.3, -0.25) is 9.59 Å². The molecule has 4 rings (SSSR count).